The highest BCUT2D eigenvalue weighted by Gasteiger charge is 2.19. The Hall–Kier alpha value is -1.92. The first-order chi connectivity index (χ1) is 12.7. The molecule has 142 valence electrons. The number of anilines is 1. The fourth-order valence-corrected chi connectivity index (χ4v) is 3.51. The Morgan fingerprint density at radius 1 is 1.08 bits per heavy atom. The molecule has 0 radical (unpaired) electrons. The lowest BCUT2D eigenvalue weighted by atomic mass is 9.98. The van der Waals surface area contributed by atoms with Crippen LogP contribution in [0.25, 0.3) is 0 Å². The van der Waals surface area contributed by atoms with Crippen LogP contribution in [0.4, 0.5) is 5.69 Å². The van der Waals surface area contributed by atoms with E-state index >= 15 is 0 Å². The van der Waals surface area contributed by atoms with Crippen LogP contribution in [0.15, 0.2) is 24.3 Å². The molecule has 26 heavy (non-hydrogen) atoms. The molecule has 1 aromatic carbocycles. The number of carbonyl (C=O) groups is 2. The minimum absolute atomic E-state index is 0.0243. The van der Waals surface area contributed by atoms with Crippen molar-refractivity contribution in [1.29, 1.82) is 0 Å². The third kappa shape index (κ3) is 5.54. The summed E-state index contributed by atoms with van der Waals surface area (Å²) in [7, 11) is 0. The fourth-order valence-electron chi connectivity index (χ4n) is 3.51. The lowest BCUT2D eigenvalue weighted by Crippen LogP contribution is -2.32. The molecule has 1 aliphatic carbocycles. The Balaban J connectivity index is 1.50. The van der Waals surface area contributed by atoms with Crippen LogP contribution in [0.2, 0.25) is 0 Å². The van der Waals surface area contributed by atoms with Gasteiger partial charge in [-0.3, -0.25) is 9.59 Å². The number of para-hydroxylation sites is 1. The van der Waals surface area contributed by atoms with E-state index in [-0.39, 0.29) is 30.6 Å². The van der Waals surface area contributed by atoms with Gasteiger partial charge in [-0.15, -0.1) is 0 Å². The van der Waals surface area contributed by atoms with Gasteiger partial charge in [0.15, 0.2) is 0 Å². The van der Waals surface area contributed by atoms with Gasteiger partial charge < -0.3 is 20.1 Å². The molecule has 0 spiro atoms. The van der Waals surface area contributed by atoms with Crippen LogP contribution in [0.3, 0.4) is 0 Å². The van der Waals surface area contributed by atoms with Gasteiger partial charge in [0.2, 0.25) is 5.91 Å². The normalized spacial score (nSPS) is 20.7. The van der Waals surface area contributed by atoms with E-state index < -0.39 is 0 Å². The SMILES string of the molecule is O=C(COC1CCCCC1)Nc1ccccc1C(=O)NCC1CCCO1. The molecule has 1 heterocycles. The zero-order valence-electron chi connectivity index (χ0n) is 15.2. The van der Waals surface area contributed by atoms with Crippen molar-refractivity contribution in [3.63, 3.8) is 0 Å². The van der Waals surface area contributed by atoms with Crippen LogP contribution in [0, 0.1) is 0 Å². The predicted octanol–water partition coefficient (Wildman–Crippen LogP) is 2.88. The number of ether oxygens (including phenoxy) is 2. The number of rotatable bonds is 7. The Kier molecular flexibility index (Phi) is 7.03. The summed E-state index contributed by atoms with van der Waals surface area (Å²) in [5.41, 5.74) is 0.964. The van der Waals surface area contributed by atoms with Crippen LogP contribution >= 0.6 is 0 Å². The van der Waals surface area contributed by atoms with Crippen LogP contribution in [-0.4, -0.2) is 43.8 Å². The number of hydrogen-bond donors (Lipinski definition) is 2. The van der Waals surface area contributed by atoms with Crippen molar-refractivity contribution >= 4 is 17.5 Å². The minimum Gasteiger partial charge on any atom is -0.376 e. The maximum absolute atomic E-state index is 12.5. The van der Waals surface area contributed by atoms with Gasteiger partial charge in [0.05, 0.1) is 23.5 Å². The summed E-state index contributed by atoms with van der Waals surface area (Å²) in [5.74, 6) is -0.431. The second-order valence-corrected chi connectivity index (χ2v) is 7.01. The zero-order valence-corrected chi connectivity index (χ0v) is 15.2. The first kappa shape index (κ1) is 18.9. The molecule has 6 nitrogen and oxygen atoms in total. The van der Waals surface area contributed by atoms with Crippen molar-refractivity contribution in [3.05, 3.63) is 29.8 Å². The monoisotopic (exact) mass is 360 g/mol. The maximum Gasteiger partial charge on any atom is 0.253 e. The maximum atomic E-state index is 12.5. The Morgan fingerprint density at radius 2 is 1.88 bits per heavy atom. The van der Waals surface area contributed by atoms with Crippen molar-refractivity contribution in [1.82, 2.24) is 5.32 Å². The average Bonchev–Trinajstić information content (AvgIpc) is 3.19. The molecule has 1 unspecified atom stereocenters. The smallest absolute Gasteiger partial charge is 0.253 e. The lowest BCUT2D eigenvalue weighted by molar-refractivity contribution is -0.123. The molecule has 1 saturated heterocycles. The van der Waals surface area contributed by atoms with Gasteiger partial charge in [0.25, 0.3) is 5.91 Å². The van der Waals surface area contributed by atoms with Crippen LogP contribution < -0.4 is 10.6 Å². The largest absolute Gasteiger partial charge is 0.376 e. The molecule has 6 heteroatoms. The van der Waals surface area contributed by atoms with E-state index in [4.69, 9.17) is 9.47 Å². The van der Waals surface area contributed by atoms with Crippen molar-refractivity contribution in [2.24, 2.45) is 0 Å². The second kappa shape index (κ2) is 9.69. The summed E-state index contributed by atoms with van der Waals surface area (Å²) in [6.45, 7) is 1.27. The van der Waals surface area contributed by atoms with E-state index in [2.05, 4.69) is 10.6 Å². The molecule has 1 aromatic rings. The standard InChI is InChI=1S/C20H28N2O4/c23-19(14-26-15-7-2-1-3-8-15)22-18-11-5-4-10-17(18)20(24)21-13-16-9-6-12-25-16/h4-5,10-11,15-16H,1-3,6-9,12-14H2,(H,21,24)(H,22,23). The molecule has 3 rings (SSSR count). The van der Waals surface area contributed by atoms with Gasteiger partial charge in [0.1, 0.15) is 6.61 Å². The first-order valence-corrected chi connectivity index (χ1v) is 9.62. The molecular weight excluding hydrogens is 332 g/mol. The topological polar surface area (TPSA) is 76.7 Å². The van der Waals surface area contributed by atoms with Crippen molar-refractivity contribution < 1.29 is 19.1 Å². The highest BCUT2D eigenvalue weighted by atomic mass is 16.5. The third-order valence-electron chi connectivity index (χ3n) is 4.96. The summed E-state index contributed by atoms with van der Waals surface area (Å²) in [5, 5.41) is 5.69. The average molecular weight is 360 g/mol. The van der Waals surface area contributed by atoms with Gasteiger partial charge in [-0.2, -0.15) is 0 Å². The van der Waals surface area contributed by atoms with E-state index in [0.717, 1.165) is 32.3 Å². The van der Waals surface area contributed by atoms with Gasteiger partial charge in [-0.1, -0.05) is 31.4 Å². The van der Waals surface area contributed by atoms with Gasteiger partial charge in [0, 0.05) is 13.2 Å². The number of amides is 2. The Labute approximate surface area is 154 Å². The van der Waals surface area contributed by atoms with E-state index in [9.17, 15) is 9.59 Å². The number of nitrogens with one attached hydrogen (secondary N) is 2. The lowest BCUT2D eigenvalue weighted by Gasteiger charge is -2.21. The van der Waals surface area contributed by atoms with E-state index in [1.807, 2.05) is 0 Å². The van der Waals surface area contributed by atoms with E-state index in [1.54, 1.807) is 24.3 Å². The molecule has 1 saturated carbocycles. The summed E-state index contributed by atoms with van der Waals surface area (Å²) in [6.07, 6.45) is 7.90. The molecule has 2 N–H and O–H groups in total. The molecule has 1 aliphatic heterocycles. The van der Waals surface area contributed by atoms with Gasteiger partial charge in [-0.25, -0.2) is 0 Å². The van der Waals surface area contributed by atoms with E-state index in [0.29, 0.717) is 17.8 Å². The third-order valence-corrected chi connectivity index (χ3v) is 4.96. The quantitative estimate of drug-likeness (QED) is 0.784. The van der Waals surface area contributed by atoms with E-state index in [1.165, 1.54) is 19.3 Å². The highest BCUT2D eigenvalue weighted by molar-refractivity contribution is 6.03. The van der Waals surface area contributed by atoms with Crippen LogP contribution in [0.5, 0.6) is 0 Å². The summed E-state index contributed by atoms with van der Waals surface area (Å²) < 4.78 is 11.2. The number of hydrogen-bond acceptors (Lipinski definition) is 4. The van der Waals surface area contributed by atoms with Crippen LogP contribution in [-0.2, 0) is 14.3 Å². The van der Waals surface area contributed by atoms with Crippen molar-refractivity contribution in [2.75, 3.05) is 25.1 Å². The molecule has 2 fully saturated rings. The molecular formula is C20H28N2O4. The highest BCUT2D eigenvalue weighted by Crippen LogP contribution is 2.20. The number of benzene rings is 1. The minimum atomic E-state index is -0.227. The van der Waals surface area contributed by atoms with Gasteiger partial charge >= 0.3 is 0 Å². The van der Waals surface area contributed by atoms with Gasteiger partial charge in [-0.05, 0) is 37.8 Å². The summed E-state index contributed by atoms with van der Waals surface area (Å²) in [4.78, 5) is 24.7. The zero-order chi connectivity index (χ0) is 18.2. The first-order valence-electron chi connectivity index (χ1n) is 9.62. The second-order valence-electron chi connectivity index (χ2n) is 7.01. The van der Waals surface area contributed by atoms with Crippen molar-refractivity contribution in [2.45, 2.75) is 57.2 Å². The molecule has 0 bridgehead atoms. The van der Waals surface area contributed by atoms with Crippen molar-refractivity contribution in [3.8, 4) is 0 Å². The number of carbonyl (C=O) groups excluding carboxylic acids is 2. The molecule has 1 atom stereocenters. The molecule has 2 amide bonds. The fraction of sp³-hybridized carbons (Fsp3) is 0.600. The Morgan fingerprint density at radius 3 is 2.65 bits per heavy atom. The molecule has 0 aromatic heterocycles. The predicted molar refractivity (Wildman–Crippen MR) is 99.2 cm³/mol. The molecule has 2 aliphatic rings. The summed E-state index contributed by atoms with van der Waals surface area (Å²) >= 11 is 0. The Bertz CT molecular complexity index is 608. The summed E-state index contributed by atoms with van der Waals surface area (Å²) in [6, 6.07) is 7.03. The van der Waals surface area contributed by atoms with Crippen LogP contribution in [0.1, 0.15) is 55.3 Å².